The fourth-order valence-corrected chi connectivity index (χ4v) is 3.50. The summed E-state index contributed by atoms with van der Waals surface area (Å²) in [6.07, 6.45) is -0.328. The Morgan fingerprint density at radius 1 is 1.25 bits per heavy atom. The number of hydrogen-bond donors (Lipinski definition) is 2. The van der Waals surface area contributed by atoms with E-state index in [1.54, 1.807) is 13.8 Å². The molecule has 0 aliphatic carbocycles. The number of rotatable bonds is 7. The SMILES string of the molecule is CC(C)C(NC(=O)OCc1ccccc1)C(=O)CC1CCc2nnoc2CNC(=O)C1=O. The highest BCUT2D eigenvalue weighted by molar-refractivity contribution is 6.37. The molecule has 10 heteroatoms. The molecule has 1 aliphatic heterocycles. The molecule has 0 bridgehead atoms. The van der Waals surface area contributed by atoms with Crippen molar-refractivity contribution in [3.8, 4) is 0 Å². The number of carbonyl (C=O) groups excluding carboxylic acids is 4. The minimum Gasteiger partial charge on any atom is -0.445 e. The van der Waals surface area contributed by atoms with Crippen molar-refractivity contribution in [3.63, 3.8) is 0 Å². The van der Waals surface area contributed by atoms with Crippen molar-refractivity contribution in [1.29, 1.82) is 0 Å². The van der Waals surface area contributed by atoms with Gasteiger partial charge in [0, 0.05) is 17.6 Å². The summed E-state index contributed by atoms with van der Waals surface area (Å²) in [4.78, 5) is 50.0. The van der Waals surface area contributed by atoms with E-state index in [0.717, 1.165) is 5.56 Å². The Kier molecular flexibility index (Phi) is 7.69. The van der Waals surface area contributed by atoms with Crippen molar-refractivity contribution < 1.29 is 28.4 Å². The third kappa shape index (κ3) is 5.99. The Morgan fingerprint density at radius 3 is 2.72 bits per heavy atom. The van der Waals surface area contributed by atoms with Crippen molar-refractivity contribution in [1.82, 2.24) is 21.0 Å². The van der Waals surface area contributed by atoms with Gasteiger partial charge in [0.2, 0.25) is 5.78 Å². The quantitative estimate of drug-likeness (QED) is 0.618. The molecule has 2 unspecified atom stereocenters. The van der Waals surface area contributed by atoms with E-state index in [-0.39, 0.29) is 37.7 Å². The van der Waals surface area contributed by atoms with Gasteiger partial charge in [0.25, 0.3) is 5.91 Å². The number of ketones is 2. The predicted molar refractivity (Wildman–Crippen MR) is 111 cm³/mol. The molecule has 10 nitrogen and oxygen atoms in total. The molecule has 3 rings (SSSR count). The van der Waals surface area contributed by atoms with Gasteiger partial charge < -0.3 is 19.9 Å². The molecule has 2 atom stereocenters. The summed E-state index contributed by atoms with van der Waals surface area (Å²) in [5, 5.41) is 12.4. The summed E-state index contributed by atoms with van der Waals surface area (Å²) in [6, 6.07) is 8.31. The van der Waals surface area contributed by atoms with Crippen molar-refractivity contribution in [2.24, 2.45) is 11.8 Å². The maximum Gasteiger partial charge on any atom is 0.408 e. The molecule has 0 spiro atoms. The van der Waals surface area contributed by atoms with E-state index in [9.17, 15) is 19.2 Å². The Labute approximate surface area is 185 Å². The van der Waals surface area contributed by atoms with Gasteiger partial charge in [-0.3, -0.25) is 14.4 Å². The van der Waals surface area contributed by atoms with Crippen molar-refractivity contribution in [2.45, 2.75) is 52.3 Å². The minimum atomic E-state index is -0.856. The number of nitrogens with one attached hydrogen (secondary N) is 2. The van der Waals surface area contributed by atoms with Crippen molar-refractivity contribution >= 4 is 23.6 Å². The highest BCUT2D eigenvalue weighted by Gasteiger charge is 2.33. The summed E-state index contributed by atoms with van der Waals surface area (Å²) < 4.78 is 10.2. The van der Waals surface area contributed by atoms with Gasteiger partial charge in [-0.25, -0.2) is 4.79 Å². The van der Waals surface area contributed by atoms with Crippen LogP contribution in [-0.2, 0) is 38.7 Å². The number of ether oxygens (including phenoxy) is 1. The molecule has 32 heavy (non-hydrogen) atoms. The largest absolute Gasteiger partial charge is 0.445 e. The number of aryl methyl sites for hydroxylation is 1. The third-order valence-corrected chi connectivity index (χ3v) is 5.32. The second-order valence-corrected chi connectivity index (χ2v) is 8.02. The van der Waals surface area contributed by atoms with Gasteiger partial charge in [-0.2, -0.15) is 0 Å². The van der Waals surface area contributed by atoms with Gasteiger partial charge in [-0.05, 0) is 24.3 Å². The first-order valence-electron chi connectivity index (χ1n) is 10.5. The van der Waals surface area contributed by atoms with Crippen molar-refractivity contribution in [2.75, 3.05) is 0 Å². The van der Waals surface area contributed by atoms with Gasteiger partial charge in [0.1, 0.15) is 12.3 Å². The van der Waals surface area contributed by atoms with E-state index < -0.39 is 29.7 Å². The smallest absolute Gasteiger partial charge is 0.408 e. The standard InChI is InChI=1S/C22H26N4O6/c1-13(2)19(24-22(30)31-12-14-6-4-3-5-7-14)17(27)10-15-8-9-16-18(32-26-25-16)11-23-21(29)20(15)28/h3-7,13,15,19H,8-12H2,1-2H3,(H,23,29)(H,24,30). The number of Topliss-reactive ketones (excluding diaryl/α,β-unsaturated/α-hetero) is 2. The van der Waals surface area contributed by atoms with Crippen LogP contribution >= 0.6 is 0 Å². The number of nitrogens with zero attached hydrogens (tertiary/aromatic N) is 2. The van der Waals surface area contributed by atoms with Crippen molar-refractivity contribution in [3.05, 3.63) is 47.3 Å². The molecule has 2 heterocycles. The molecular formula is C22H26N4O6. The van der Waals surface area contributed by atoms with Crippen LogP contribution in [0.3, 0.4) is 0 Å². The molecule has 1 aliphatic rings. The van der Waals surface area contributed by atoms with E-state index in [4.69, 9.17) is 9.26 Å². The molecule has 0 saturated carbocycles. The lowest BCUT2D eigenvalue weighted by Gasteiger charge is -2.23. The lowest BCUT2D eigenvalue weighted by atomic mass is 9.87. The van der Waals surface area contributed by atoms with Crippen LogP contribution in [0.5, 0.6) is 0 Å². The molecule has 0 fully saturated rings. The Balaban J connectivity index is 1.62. The Morgan fingerprint density at radius 2 is 2.00 bits per heavy atom. The fraction of sp³-hybridized carbons (Fsp3) is 0.455. The molecule has 2 aromatic rings. The van der Waals surface area contributed by atoms with Crippen LogP contribution < -0.4 is 10.6 Å². The zero-order valence-corrected chi connectivity index (χ0v) is 18.0. The zero-order chi connectivity index (χ0) is 23.1. The fourth-order valence-electron chi connectivity index (χ4n) is 3.50. The molecule has 2 amide bonds. The second kappa shape index (κ2) is 10.7. The van der Waals surface area contributed by atoms with Crippen LogP contribution in [0.15, 0.2) is 34.9 Å². The van der Waals surface area contributed by atoms with Crippen LogP contribution in [0.4, 0.5) is 4.79 Å². The number of aromatic nitrogens is 2. The second-order valence-electron chi connectivity index (χ2n) is 8.02. The molecule has 1 aromatic carbocycles. The average molecular weight is 442 g/mol. The van der Waals surface area contributed by atoms with E-state index in [2.05, 4.69) is 21.0 Å². The van der Waals surface area contributed by atoms with E-state index in [1.807, 2.05) is 30.3 Å². The molecular weight excluding hydrogens is 416 g/mol. The first-order valence-corrected chi connectivity index (χ1v) is 10.5. The van der Waals surface area contributed by atoms with Gasteiger partial charge >= 0.3 is 6.09 Å². The van der Waals surface area contributed by atoms with E-state index in [0.29, 0.717) is 17.9 Å². The summed E-state index contributed by atoms with van der Waals surface area (Å²) in [6.45, 7) is 3.65. The number of carbonyl (C=O) groups is 4. The Hall–Kier alpha value is -3.56. The van der Waals surface area contributed by atoms with Gasteiger partial charge in [0.05, 0.1) is 12.6 Å². The third-order valence-electron chi connectivity index (χ3n) is 5.32. The van der Waals surface area contributed by atoms with E-state index in [1.165, 1.54) is 0 Å². The number of benzene rings is 1. The number of fused-ring (bicyclic) bond motifs is 1. The van der Waals surface area contributed by atoms with Gasteiger partial charge in [-0.1, -0.05) is 44.2 Å². The van der Waals surface area contributed by atoms with Crippen LogP contribution in [0.1, 0.15) is 43.7 Å². The van der Waals surface area contributed by atoms with Crippen LogP contribution in [-0.4, -0.2) is 40.0 Å². The molecule has 1 aromatic heterocycles. The number of amides is 2. The maximum absolute atomic E-state index is 13.0. The molecule has 170 valence electrons. The molecule has 0 saturated heterocycles. The summed E-state index contributed by atoms with van der Waals surface area (Å²) in [5.74, 6) is -2.50. The first kappa shape index (κ1) is 23.1. The van der Waals surface area contributed by atoms with E-state index >= 15 is 0 Å². The Bertz CT molecular complexity index is 972. The lowest BCUT2D eigenvalue weighted by molar-refractivity contribution is -0.141. The van der Waals surface area contributed by atoms with Crippen LogP contribution in [0, 0.1) is 11.8 Å². The molecule has 2 N–H and O–H groups in total. The number of hydrogen-bond acceptors (Lipinski definition) is 8. The van der Waals surface area contributed by atoms with Crippen LogP contribution in [0.2, 0.25) is 0 Å². The highest BCUT2D eigenvalue weighted by Crippen LogP contribution is 2.20. The summed E-state index contributed by atoms with van der Waals surface area (Å²) >= 11 is 0. The normalized spacial score (nSPS) is 17.4. The average Bonchev–Trinajstić information content (AvgIpc) is 3.24. The van der Waals surface area contributed by atoms with Gasteiger partial charge in [-0.15, -0.1) is 5.10 Å². The van der Waals surface area contributed by atoms with Crippen LogP contribution in [0.25, 0.3) is 0 Å². The molecule has 0 radical (unpaired) electrons. The minimum absolute atomic E-state index is 0.0109. The summed E-state index contributed by atoms with van der Waals surface area (Å²) in [5.41, 5.74) is 1.36. The topological polar surface area (TPSA) is 140 Å². The lowest BCUT2D eigenvalue weighted by Crippen LogP contribution is -2.46. The predicted octanol–water partition coefficient (Wildman–Crippen LogP) is 1.73. The number of alkyl carbamates (subject to hydrolysis) is 1. The summed E-state index contributed by atoms with van der Waals surface area (Å²) in [7, 11) is 0. The van der Waals surface area contributed by atoms with Gasteiger partial charge in [0.15, 0.2) is 11.5 Å². The first-order chi connectivity index (χ1) is 15.3. The monoisotopic (exact) mass is 442 g/mol. The maximum atomic E-state index is 13.0. The highest BCUT2D eigenvalue weighted by atomic mass is 16.5. The zero-order valence-electron chi connectivity index (χ0n) is 18.0.